The summed E-state index contributed by atoms with van der Waals surface area (Å²) in [6, 6.07) is 15.8. The van der Waals surface area contributed by atoms with Crippen LogP contribution in [0.25, 0.3) is 0 Å². The van der Waals surface area contributed by atoms with E-state index in [4.69, 9.17) is 4.74 Å². The van der Waals surface area contributed by atoms with Crippen molar-refractivity contribution in [1.82, 2.24) is 4.90 Å². The van der Waals surface area contributed by atoms with Crippen LogP contribution in [0.1, 0.15) is 27.5 Å². The van der Waals surface area contributed by atoms with Crippen LogP contribution in [0, 0.1) is 0 Å². The topological polar surface area (TPSA) is 29.5 Å². The lowest BCUT2D eigenvalue weighted by molar-refractivity contribution is 0.0793. The van der Waals surface area contributed by atoms with E-state index in [0.717, 1.165) is 16.7 Å². The molecule has 3 heteroatoms. The zero-order chi connectivity index (χ0) is 13.4. The Morgan fingerprint density at radius 1 is 1.11 bits per heavy atom. The van der Waals surface area contributed by atoms with Gasteiger partial charge in [-0.15, -0.1) is 0 Å². The summed E-state index contributed by atoms with van der Waals surface area (Å²) in [6.07, 6.45) is 0. The molecule has 1 unspecified atom stereocenters. The molecule has 0 N–H and O–H groups in total. The van der Waals surface area contributed by atoms with E-state index in [1.165, 1.54) is 0 Å². The molecule has 1 aliphatic heterocycles. The van der Waals surface area contributed by atoms with Gasteiger partial charge in [-0.25, -0.2) is 0 Å². The number of benzene rings is 2. The smallest absolute Gasteiger partial charge is 0.254 e. The van der Waals surface area contributed by atoms with Gasteiger partial charge in [0.2, 0.25) is 0 Å². The molecule has 3 nitrogen and oxygen atoms in total. The lowest BCUT2D eigenvalue weighted by Gasteiger charge is -2.21. The molecule has 1 aliphatic rings. The predicted molar refractivity (Wildman–Crippen MR) is 73.4 cm³/mol. The van der Waals surface area contributed by atoms with Gasteiger partial charge in [0.15, 0.2) is 0 Å². The second-order valence-corrected chi connectivity index (χ2v) is 4.68. The zero-order valence-corrected chi connectivity index (χ0v) is 11.0. The molecule has 96 valence electrons. The summed E-state index contributed by atoms with van der Waals surface area (Å²) in [5, 5.41) is 0. The molecule has 0 bridgehead atoms. The van der Waals surface area contributed by atoms with Gasteiger partial charge < -0.3 is 9.64 Å². The van der Waals surface area contributed by atoms with E-state index in [2.05, 4.69) is 0 Å². The Hall–Kier alpha value is -2.29. The molecule has 3 rings (SSSR count). The molecule has 0 aliphatic carbocycles. The number of amides is 1. The first-order valence-corrected chi connectivity index (χ1v) is 6.22. The summed E-state index contributed by atoms with van der Waals surface area (Å²) >= 11 is 0. The molecule has 2 aromatic carbocycles. The summed E-state index contributed by atoms with van der Waals surface area (Å²) in [7, 11) is 3.45. The van der Waals surface area contributed by atoms with Gasteiger partial charge in [-0.1, -0.05) is 36.4 Å². The van der Waals surface area contributed by atoms with Crippen molar-refractivity contribution in [2.45, 2.75) is 6.04 Å². The van der Waals surface area contributed by atoms with Crippen molar-refractivity contribution < 1.29 is 9.53 Å². The Balaban J connectivity index is 2.13. The lowest BCUT2D eigenvalue weighted by Crippen LogP contribution is -2.23. The maximum Gasteiger partial charge on any atom is 0.254 e. The van der Waals surface area contributed by atoms with Crippen molar-refractivity contribution >= 4 is 5.91 Å². The first-order chi connectivity index (χ1) is 9.22. The Morgan fingerprint density at radius 3 is 2.53 bits per heavy atom. The van der Waals surface area contributed by atoms with Crippen molar-refractivity contribution in [3.63, 3.8) is 0 Å². The van der Waals surface area contributed by atoms with Gasteiger partial charge in [-0.05, 0) is 23.3 Å². The van der Waals surface area contributed by atoms with Crippen LogP contribution in [0.4, 0.5) is 0 Å². The molecule has 0 saturated heterocycles. The second kappa shape index (κ2) is 4.43. The number of hydrogen-bond donors (Lipinski definition) is 0. The molecule has 0 spiro atoms. The number of ether oxygens (including phenoxy) is 1. The third-order valence-corrected chi connectivity index (χ3v) is 3.61. The molecular formula is C16H15NO2. The number of rotatable bonds is 2. The minimum absolute atomic E-state index is 0.00499. The average Bonchev–Trinajstić information content (AvgIpc) is 2.71. The maximum atomic E-state index is 12.3. The first kappa shape index (κ1) is 11.8. The fourth-order valence-corrected chi connectivity index (χ4v) is 2.64. The predicted octanol–water partition coefficient (Wildman–Crippen LogP) is 2.87. The lowest BCUT2D eigenvalue weighted by atomic mass is 9.98. The molecule has 0 fully saturated rings. The highest BCUT2D eigenvalue weighted by molar-refractivity contribution is 6.00. The van der Waals surface area contributed by atoms with E-state index in [9.17, 15) is 4.79 Å². The van der Waals surface area contributed by atoms with Crippen LogP contribution in [0.2, 0.25) is 0 Å². The van der Waals surface area contributed by atoms with Crippen molar-refractivity contribution in [3.05, 3.63) is 65.2 Å². The van der Waals surface area contributed by atoms with E-state index in [0.29, 0.717) is 5.75 Å². The number of carbonyl (C=O) groups is 1. The van der Waals surface area contributed by atoms with Crippen LogP contribution in [0.3, 0.4) is 0 Å². The van der Waals surface area contributed by atoms with Gasteiger partial charge in [0.05, 0.1) is 13.2 Å². The minimum Gasteiger partial charge on any atom is -0.497 e. The molecule has 1 amide bonds. The standard InChI is InChI=1S/C16H15NO2/c1-17-15(11-6-4-3-5-7-11)13-9-8-12(19-2)10-14(13)16(17)18/h3-10,15H,1-2H3. The van der Waals surface area contributed by atoms with Crippen LogP contribution in [0.15, 0.2) is 48.5 Å². The summed E-state index contributed by atoms with van der Waals surface area (Å²) in [4.78, 5) is 14.1. The Bertz CT molecular complexity index is 622. The van der Waals surface area contributed by atoms with E-state index < -0.39 is 0 Å². The van der Waals surface area contributed by atoms with Gasteiger partial charge in [-0.3, -0.25) is 4.79 Å². The van der Waals surface area contributed by atoms with Crippen LogP contribution < -0.4 is 4.74 Å². The van der Waals surface area contributed by atoms with E-state index >= 15 is 0 Å². The summed E-state index contributed by atoms with van der Waals surface area (Å²) in [5.74, 6) is 0.761. The monoisotopic (exact) mass is 253 g/mol. The van der Waals surface area contributed by atoms with Gasteiger partial charge >= 0.3 is 0 Å². The largest absolute Gasteiger partial charge is 0.497 e. The SMILES string of the molecule is COc1ccc2c(c1)C(=O)N(C)C2c1ccccc1. The molecule has 19 heavy (non-hydrogen) atoms. The summed E-state index contributed by atoms with van der Waals surface area (Å²) < 4.78 is 5.19. The van der Waals surface area contributed by atoms with Gasteiger partial charge in [0.25, 0.3) is 5.91 Å². The highest BCUT2D eigenvalue weighted by Crippen LogP contribution is 2.38. The molecule has 0 aromatic heterocycles. The fraction of sp³-hybridized carbons (Fsp3) is 0.188. The summed E-state index contributed by atoms with van der Waals surface area (Å²) in [6.45, 7) is 0. The number of carbonyl (C=O) groups excluding carboxylic acids is 1. The normalized spacial score (nSPS) is 17.5. The Morgan fingerprint density at radius 2 is 1.84 bits per heavy atom. The molecule has 0 saturated carbocycles. The van der Waals surface area contributed by atoms with Gasteiger partial charge in [-0.2, -0.15) is 0 Å². The Labute approximate surface area is 112 Å². The highest BCUT2D eigenvalue weighted by atomic mass is 16.5. The molecule has 1 heterocycles. The highest BCUT2D eigenvalue weighted by Gasteiger charge is 2.35. The second-order valence-electron chi connectivity index (χ2n) is 4.68. The van der Waals surface area contributed by atoms with Crippen LogP contribution in [-0.4, -0.2) is 25.0 Å². The van der Waals surface area contributed by atoms with Crippen LogP contribution in [0.5, 0.6) is 5.75 Å². The van der Waals surface area contributed by atoms with Gasteiger partial charge in [0, 0.05) is 12.6 Å². The number of hydrogen-bond acceptors (Lipinski definition) is 2. The first-order valence-electron chi connectivity index (χ1n) is 6.22. The van der Waals surface area contributed by atoms with E-state index in [1.54, 1.807) is 12.0 Å². The maximum absolute atomic E-state index is 12.3. The van der Waals surface area contributed by atoms with E-state index in [-0.39, 0.29) is 11.9 Å². The van der Waals surface area contributed by atoms with Crippen LogP contribution in [-0.2, 0) is 0 Å². The summed E-state index contributed by atoms with van der Waals surface area (Å²) in [5.41, 5.74) is 2.90. The Kier molecular flexibility index (Phi) is 2.75. The quantitative estimate of drug-likeness (QED) is 0.823. The molecule has 1 atom stereocenters. The molecule has 0 radical (unpaired) electrons. The zero-order valence-electron chi connectivity index (χ0n) is 11.0. The fourth-order valence-electron chi connectivity index (χ4n) is 2.64. The molecule has 2 aromatic rings. The third kappa shape index (κ3) is 1.78. The van der Waals surface area contributed by atoms with Gasteiger partial charge in [0.1, 0.15) is 5.75 Å². The van der Waals surface area contributed by atoms with E-state index in [1.807, 2.05) is 55.6 Å². The van der Waals surface area contributed by atoms with Crippen molar-refractivity contribution in [3.8, 4) is 5.75 Å². The average molecular weight is 253 g/mol. The molecular weight excluding hydrogens is 238 g/mol. The van der Waals surface area contributed by atoms with Crippen molar-refractivity contribution in [1.29, 1.82) is 0 Å². The van der Waals surface area contributed by atoms with Crippen molar-refractivity contribution in [2.75, 3.05) is 14.2 Å². The van der Waals surface area contributed by atoms with Crippen molar-refractivity contribution in [2.24, 2.45) is 0 Å². The van der Waals surface area contributed by atoms with Crippen LogP contribution >= 0.6 is 0 Å². The third-order valence-electron chi connectivity index (χ3n) is 3.61. The number of methoxy groups -OCH3 is 1. The minimum atomic E-state index is -0.00499. The number of fused-ring (bicyclic) bond motifs is 1. The number of nitrogens with zero attached hydrogens (tertiary/aromatic N) is 1.